The highest BCUT2D eigenvalue weighted by Crippen LogP contribution is 2.42. The number of hydrogen-bond acceptors (Lipinski definition) is 7. The molecule has 0 aliphatic carbocycles. The van der Waals surface area contributed by atoms with E-state index in [0.29, 0.717) is 28.9 Å². The molecular formula is C50H28N4O2S. The van der Waals surface area contributed by atoms with E-state index in [0.717, 1.165) is 66.0 Å². The molecule has 12 rings (SSSR count). The van der Waals surface area contributed by atoms with Gasteiger partial charge in [0.05, 0.1) is 5.39 Å². The van der Waals surface area contributed by atoms with Gasteiger partial charge in [-0.3, -0.25) is 0 Å². The van der Waals surface area contributed by atoms with E-state index >= 15 is 0 Å². The number of furan rings is 1. The Balaban J connectivity index is 1.01. The van der Waals surface area contributed by atoms with Crippen molar-refractivity contribution in [3.63, 3.8) is 0 Å². The topological polar surface area (TPSA) is 77.8 Å². The van der Waals surface area contributed by atoms with E-state index in [4.69, 9.17) is 28.8 Å². The van der Waals surface area contributed by atoms with Gasteiger partial charge in [-0.1, -0.05) is 115 Å². The van der Waals surface area contributed by atoms with Crippen molar-refractivity contribution in [1.82, 2.24) is 19.9 Å². The van der Waals surface area contributed by atoms with Crippen molar-refractivity contribution in [2.75, 3.05) is 0 Å². The van der Waals surface area contributed by atoms with Gasteiger partial charge >= 0.3 is 0 Å². The fourth-order valence-corrected chi connectivity index (χ4v) is 9.15. The molecule has 6 nitrogen and oxygen atoms in total. The standard InChI is InChI=1S/C50H28N4O2S/c1-3-10-30(11-4-1)47-52-48(31-20-18-29(19-21-31)33-22-27-43-38(28-33)35-14-7-8-17-42(35)57-43)54-49(53-47)37-16-9-15-36-34(37)23-24-39-44(36)45-40(55-39)25-26-41-46(45)51-50(56-41)32-12-5-2-6-13-32/h1-28H. The number of hydrogen-bond donors (Lipinski definition) is 0. The Morgan fingerprint density at radius 1 is 0.351 bits per heavy atom. The molecule has 4 heterocycles. The van der Waals surface area contributed by atoms with E-state index in [-0.39, 0.29) is 0 Å². The molecule has 0 radical (unpaired) electrons. The Morgan fingerprint density at radius 3 is 1.79 bits per heavy atom. The summed E-state index contributed by atoms with van der Waals surface area (Å²) in [7, 11) is 0. The molecule has 0 saturated carbocycles. The van der Waals surface area contributed by atoms with Crippen LogP contribution < -0.4 is 0 Å². The summed E-state index contributed by atoms with van der Waals surface area (Å²) >= 11 is 1.83. The molecule has 8 aromatic carbocycles. The molecular weight excluding hydrogens is 721 g/mol. The lowest BCUT2D eigenvalue weighted by molar-refractivity contribution is 0.619. The van der Waals surface area contributed by atoms with Gasteiger partial charge < -0.3 is 8.83 Å². The average Bonchev–Trinajstić information content (AvgIpc) is 4.00. The summed E-state index contributed by atoms with van der Waals surface area (Å²) in [5.41, 5.74) is 8.96. The van der Waals surface area contributed by atoms with E-state index in [2.05, 4.69) is 91.0 Å². The zero-order valence-corrected chi connectivity index (χ0v) is 31.0. The molecule has 57 heavy (non-hydrogen) atoms. The predicted molar refractivity (Wildman–Crippen MR) is 232 cm³/mol. The first-order valence-electron chi connectivity index (χ1n) is 18.8. The smallest absolute Gasteiger partial charge is 0.227 e. The zero-order chi connectivity index (χ0) is 37.5. The van der Waals surface area contributed by atoms with Crippen LogP contribution in [0.4, 0.5) is 0 Å². The van der Waals surface area contributed by atoms with Crippen molar-refractivity contribution < 1.29 is 8.83 Å². The van der Waals surface area contributed by atoms with Gasteiger partial charge in [0.15, 0.2) is 23.1 Å². The summed E-state index contributed by atoms with van der Waals surface area (Å²) in [6.07, 6.45) is 0. The third-order valence-corrected chi connectivity index (χ3v) is 11.9. The van der Waals surface area contributed by atoms with Crippen molar-refractivity contribution >= 4 is 75.3 Å². The van der Waals surface area contributed by atoms with Crippen LogP contribution in [-0.4, -0.2) is 19.9 Å². The summed E-state index contributed by atoms with van der Waals surface area (Å²) in [4.78, 5) is 20.3. The lowest BCUT2D eigenvalue weighted by atomic mass is 9.98. The normalized spacial score (nSPS) is 11.9. The average molecular weight is 749 g/mol. The minimum atomic E-state index is 0.574. The zero-order valence-electron chi connectivity index (χ0n) is 30.2. The minimum absolute atomic E-state index is 0.574. The molecule has 0 unspecified atom stereocenters. The van der Waals surface area contributed by atoms with Gasteiger partial charge in [0.1, 0.15) is 16.7 Å². The van der Waals surface area contributed by atoms with Gasteiger partial charge in [0.2, 0.25) is 5.89 Å². The minimum Gasteiger partial charge on any atom is -0.456 e. The van der Waals surface area contributed by atoms with Gasteiger partial charge in [0, 0.05) is 47.8 Å². The molecule has 0 spiro atoms. The maximum absolute atomic E-state index is 6.44. The van der Waals surface area contributed by atoms with Crippen LogP contribution in [-0.2, 0) is 0 Å². The van der Waals surface area contributed by atoms with Crippen molar-refractivity contribution in [1.29, 1.82) is 0 Å². The Hall–Kier alpha value is -7.48. The highest BCUT2D eigenvalue weighted by Gasteiger charge is 2.21. The number of aromatic nitrogens is 4. The number of rotatable bonds is 5. The Labute approximate surface area is 329 Å². The van der Waals surface area contributed by atoms with Crippen molar-refractivity contribution in [2.45, 2.75) is 0 Å². The van der Waals surface area contributed by atoms with Crippen molar-refractivity contribution in [3.8, 4) is 56.7 Å². The summed E-state index contributed by atoms with van der Waals surface area (Å²) in [5, 5.41) is 6.49. The maximum Gasteiger partial charge on any atom is 0.227 e. The summed E-state index contributed by atoms with van der Waals surface area (Å²) in [6.45, 7) is 0. The van der Waals surface area contributed by atoms with Crippen LogP contribution in [0.2, 0.25) is 0 Å². The third kappa shape index (κ3) is 5.17. The maximum atomic E-state index is 6.44. The lowest BCUT2D eigenvalue weighted by Gasteiger charge is -2.11. The Bertz CT molecular complexity index is 3520. The molecule has 266 valence electrons. The lowest BCUT2D eigenvalue weighted by Crippen LogP contribution is -2.00. The van der Waals surface area contributed by atoms with Crippen LogP contribution in [0.25, 0.3) is 121 Å². The van der Waals surface area contributed by atoms with Crippen molar-refractivity contribution in [2.24, 2.45) is 0 Å². The van der Waals surface area contributed by atoms with E-state index in [1.54, 1.807) is 0 Å². The molecule has 4 aromatic heterocycles. The molecule has 7 heteroatoms. The molecule has 0 fully saturated rings. The van der Waals surface area contributed by atoms with Gasteiger partial charge in [-0.2, -0.15) is 0 Å². The molecule has 0 atom stereocenters. The number of thiophene rings is 1. The summed E-state index contributed by atoms with van der Waals surface area (Å²) in [6, 6.07) is 58.2. The van der Waals surface area contributed by atoms with E-state index in [1.165, 1.54) is 25.7 Å². The van der Waals surface area contributed by atoms with Crippen LogP contribution in [0.1, 0.15) is 0 Å². The number of fused-ring (bicyclic) bond motifs is 10. The highest BCUT2D eigenvalue weighted by atomic mass is 32.1. The monoisotopic (exact) mass is 748 g/mol. The van der Waals surface area contributed by atoms with Crippen LogP contribution in [0, 0.1) is 0 Å². The summed E-state index contributed by atoms with van der Waals surface area (Å²) in [5.74, 6) is 2.38. The van der Waals surface area contributed by atoms with Gasteiger partial charge in [-0.15, -0.1) is 11.3 Å². The van der Waals surface area contributed by atoms with Gasteiger partial charge in [0.25, 0.3) is 0 Å². The number of nitrogens with zero attached hydrogens (tertiary/aromatic N) is 4. The highest BCUT2D eigenvalue weighted by molar-refractivity contribution is 7.25. The Morgan fingerprint density at radius 2 is 0.965 bits per heavy atom. The van der Waals surface area contributed by atoms with E-state index < -0.39 is 0 Å². The fraction of sp³-hybridized carbons (Fsp3) is 0. The largest absolute Gasteiger partial charge is 0.456 e. The molecule has 12 aromatic rings. The quantitative estimate of drug-likeness (QED) is 0.174. The van der Waals surface area contributed by atoms with Crippen LogP contribution in [0.15, 0.2) is 179 Å². The van der Waals surface area contributed by atoms with E-state index in [1.807, 2.05) is 90.2 Å². The first-order chi connectivity index (χ1) is 28.2. The van der Waals surface area contributed by atoms with Crippen molar-refractivity contribution in [3.05, 3.63) is 170 Å². The molecule has 0 saturated heterocycles. The second kappa shape index (κ2) is 12.5. The number of oxazole rings is 1. The van der Waals surface area contributed by atoms with Crippen LogP contribution in [0.5, 0.6) is 0 Å². The second-order valence-corrected chi connectivity index (χ2v) is 15.3. The molecule has 0 amide bonds. The van der Waals surface area contributed by atoms with E-state index in [9.17, 15) is 0 Å². The second-order valence-electron chi connectivity index (χ2n) is 14.2. The Kier molecular flexibility index (Phi) is 7.00. The van der Waals surface area contributed by atoms with Gasteiger partial charge in [-0.25, -0.2) is 19.9 Å². The number of benzene rings is 8. The fourth-order valence-electron chi connectivity index (χ4n) is 8.06. The molecule has 0 aliphatic rings. The van der Waals surface area contributed by atoms with Crippen LogP contribution >= 0.6 is 11.3 Å². The summed E-state index contributed by atoms with van der Waals surface area (Å²) < 4.78 is 15.3. The molecule has 0 bridgehead atoms. The first kappa shape index (κ1) is 31.8. The van der Waals surface area contributed by atoms with Crippen LogP contribution in [0.3, 0.4) is 0 Å². The molecule has 0 N–H and O–H groups in total. The third-order valence-electron chi connectivity index (χ3n) is 10.8. The predicted octanol–water partition coefficient (Wildman–Crippen LogP) is 13.8. The first-order valence-corrected chi connectivity index (χ1v) is 19.6. The van der Waals surface area contributed by atoms with Gasteiger partial charge in [-0.05, 0) is 76.5 Å². The SMILES string of the molecule is c1ccc(-c2nc(-c3ccc(-c4ccc5sc6ccccc6c5c4)cc3)nc(-c3cccc4c3ccc3oc5ccc6oc(-c7ccccc7)nc6c5c34)n2)cc1. The molecule has 0 aliphatic heterocycles.